The summed E-state index contributed by atoms with van der Waals surface area (Å²) in [7, 11) is 0. The lowest BCUT2D eigenvalue weighted by Gasteiger charge is -2.32. The molecule has 1 saturated carbocycles. The quantitative estimate of drug-likeness (QED) is 0.790. The van der Waals surface area contributed by atoms with E-state index in [9.17, 15) is 0 Å². The number of halogens is 1. The number of aromatic nitrogens is 1. The first-order valence-electron chi connectivity index (χ1n) is 5.66. The van der Waals surface area contributed by atoms with Crippen molar-refractivity contribution in [3.8, 4) is 0 Å². The molecule has 80 valence electrons. The van der Waals surface area contributed by atoms with Crippen molar-refractivity contribution in [3.05, 3.63) is 22.4 Å². The summed E-state index contributed by atoms with van der Waals surface area (Å²) in [6.07, 6.45) is 3.92. The van der Waals surface area contributed by atoms with E-state index in [2.05, 4.69) is 39.2 Å². The minimum absolute atomic E-state index is 0.681. The van der Waals surface area contributed by atoms with Crippen molar-refractivity contribution in [1.82, 2.24) is 4.98 Å². The van der Waals surface area contributed by atoms with Crippen LogP contribution in [0.5, 0.6) is 0 Å². The Morgan fingerprint density at radius 1 is 1.40 bits per heavy atom. The molecule has 2 heterocycles. The van der Waals surface area contributed by atoms with Gasteiger partial charge in [0.15, 0.2) is 0 Å². The van der Waals surface area contributed by atoms with E-state index in [1.165, 1.54) is 24.2 Å². The fourth-order valence-corrected chi connectivity index (χ4v) is 2.90. The Bertz CT molecular complexity index is 387. The lowest BCUT2D eigenvalue weighted by molar-refractivity contribution is 0.421. The molecule has 1 fully saturated rings. The normalized spacial score (nSPS) is 29.5. The van der Waals surface area contributed by atoms with Crippen molar-refractivity contribution in [3.63, 3.8) is 0 Å². The molecule has 0 amide bonds. The third kappa shape index (κ3) is 1.78. The molecule has 2 atom stereocenters. The molecule has 0 bridgehead atoms. The van der Waals surface area contributed by atoms with Crippen LogP contribution in [-0.2, 0) is 6.42 Å². The van der Waals surface area contributed by atoms with Crippen molar-refractivity contribution in [2.75, 3.05) is 5.32 Å². The summed E-state index contributed by atoms with van der Waals surface area (Å²) >= 11 is 3.43. The van der Waals surface area contributed by atoms with Crippen LogP contribution in [0.3, 0.4) is 0 Å². The van der Waals surface area contributed by atoms with Gasteiger partial charge in [-0.2, -0.15) is 0 Å². The van der Waals surface area contributed by atoms with E-state index in [1.807, 2.05) is 6.07 Å². The average Bonchev–Trinajstić information content (AvgIpc) is 3.00. The van der Waals surface area contributed by atoms with Gasteiger partial charge in [0, 0.05) is 6.04 Å². The Kier molecular flexibility index (Phi) is 2.23. The van der Waals surface area contributed by atoms with Gasteiger partial charge in [0.2, 0.25) is 0 Å². The third-order valence-corrected chi connectivity index (χ3v) is 3.96. The smallest absolute Gasteiger partial charge is 0.106 e. The molecule has 0 spiro atoms. The van der Waals surface area contributed by atoms with Gasteiger partial charge in [0.25, 0.3) is 0 Å². The van der Waals surface area contributed by atoms with Crippen LogP contribution in [0, 0.1) is 11.8 Å². The summed E-state index contributed by atoms with van der Waals surface area (Å²) < 4.78 is 0.945. The summed E-state index contributed by atoms with van der Waals surface area (Å²) in [6.45, 7) is 2.33. The fourth-order valence-electron chi connectivity index (χ4n) is 2.55. The average molecular weight is 267 g/mol. The van der Waals surface area contributed by atoms with E-state index in [1.54, 1.807) is 0 Å². The molecule has 3 heteroatoms. The molecule has 0 saturated heterocycles. The van der Waals surface area contributed by atoms with Crippen LogP contribution >= 0.6 is 15.9 Å². The topological polar surface area (TPSA) is 24.9 Å². The van der Waals surface area contributed by atoms with E-state index >= 15 is 0 Å². The minimum atomic E-state index is 0.681. The molecule has 0 radical (unpaired) electrons. The summed E-state index contributed by atoms with van der Waals surface area (Å²) in [5.74, 6) is 1.63. The van der Waals surface area contributed by atoms with Gasteiger partial charge < -0.3 is 5.32 Å². The Morgan fingerprint density at radius 2 is 2.20 bits per heavy atom. The summed E-state index contributed by atoms with van der Waals surface area (Å²) in [6, 6.07) is 4.85. The number of hydrogen-bond acceptors (Lipinski definition) is 2. The first kappa shape index (κ1) is 9.64. The van der Waals surface area contributed by atoms with E-state index < -0.39 is 0 Å². The predicted octanol–water partition coefficient (Wildman–Crippen LogP) is 3.23. The highest BCUT2D eigenvalue weighted by Crippen LogP contribution is 2.41. The Morgan fingerprint density at radius 3 is 2.93 bits per heavy atom. The summed E-state index contributed by atoms with van der Waals surface area (Å²) in [4.78, 5) is 4.53. The maximum Gasteiger partial charge on any atom is 0.106 e. The van der Waals surface area contributed by atoms with Crippen molar-refractivity contribution >= 4 is 21.6 Å². The van der Waals surface area contributed by atoms with Gasteiger partial charge in [-0.15, -0.1) is 0 Å². The molecule has 15 heavy (non-hydrogen) atoms. The zero-order valence-corrected chi connectivity index (χ0v) is 10.4. The molecule has 1 aromatic rings. The van der Waals surface area contributed by atoms with Crippen LogP contribution in [0.25, 0.3) is 0 Å². The minimum Gasteiger partial charge on any atom is -0.380 e. The zero-order chi connectivity index (χ0) is 10.4. The van der Waals surface area contributed by atoms with Crippen LogP contribution in [0.15, 0.2) is 16.7 Å². The maximum atomic E-state index is 4.53. The van der Waals surface area contributed by atoms with Crippen molar-refractivity contribution < 1.29 is 0 Å². The monoisotopic (exact) mass is 266 g/mol. The number of anilines is 1. The molecule has 1 aliphatic heterocycles. The molecule has 1 N–H and O–H groups in total. The van der Waals surface area contributed by atoms with Gasteiger partial charge in [0.1, 0.15) is 4.60 Å². The number of nitrogens with one attached hydrogen (secondary N) is 1. The number of nitrogens with zero attached hydrogens (tertiary/aromatic N) is 1. The van der Waals surface area contributed by atoms with Crippen LogP contribution in [0.2, 0.25) is 0 Å². The molecule has 0 unspecified atom stereocenters. The highest BCUT2D eigenvalue weighted by Gasteiger charge is 2.37. The molecule has 2 nitrogen and oxygen atoms in total. The first-order valence-corrected chi connectivity index (χ1v) is 6.45. The molecule has 1 aliphatic carbocycles. The number of hydrogen-bond donors (Lipinski definition) is 1. The molecule has 2 aliphatic rings. The Hall–Kier alpha value is -0.570. The van der Waals surface area contributed by atoms with Gasteiger partial charge in [0.05, 0.1) is 11.4 Å². The van der Waals surface area contributed by atoms with Gasteiger partial charge in [-0.25, -0.2) is 4.98 Å². The van der Waals surface area contributed by atoms with Gasteiger partial charge >= 0.3 is 0 Å². The molecule has 1 aromatic heterocycles. The van der Waals surface area contributed by atoms with Gasteiger partial charge in [-0.05, 0) is 59.2 Å². The fraction of sp³-hybridized carbons (Fsp3) is 0.583. The second-order valence-corrected chi connectivity index (χ2v) is 5.63. The number of pyridine rings is 1. The highest BCUT2D eigenvalue weighted by atomic mass is 79.9. The summed E-state index contributed by atoms with van der Waals surface area (Å²) in [5, 5.41) is 3.65. The lowest BCUT2D eigenvalue weighted by Crippen LogP contribution is -2.35. The van der Waals surface area contributed by atoms with E-state index in [-0.39, 0.29) is 0 Å². The maximum absolute atomic E-state index is 4.53. The second-order valence-electron chi connectivity index (χ2n) is 4.82. The standard InChI is InChI=1S/C12H15BrN2/c1-7-6-10-9(4-5-11(13)14-10)15-12(7)8-2-3-8/h4-5,7-8,12,15H,2-3,6H2,1H3/t7-,12-/m1/s1. The first-order chi connectivity index (χ1) is 7.24. The summed E-state index contributed by atoms with van der Waals surface area (Å²) in [5.41, 5.74) is 2.46. The molecular weight excluding hydrogens is 252 g/mol. The van der Waals surface area contributed by atoms with Gasteiger partial charge in [-0.1, -0.05) is 6.92 Å². The van der Waals surface area contributed by atoms with E-state index in [4.69, 9.17) is 0 Å². The van der Waals surface area contributed by atoms with E-state index in [0.717, 1.165) is 16.9 Å². The Balaban J connectivity index is 1.91. The highest BCUT2D eigenvalue weighted by molar-refractivity contribution is 9.10. The predicted molar refractivity (Wildman–Crippen MR) is 64.9 cm³/mol. The van der Waals surface area contributed by atoms with Crippen LogP contribution in [-0.4, -0.2) is 11.0 Å². The van der Waals surface area contributed by atoms with Crippen molar-refractivity contribution in [2.24, 2.45) is 11.8 Å². The molecule has 3 rings (SSSR count). The molecular formula is C12H15BrN2. The van der Waals surface area contributed by atoms with Crippen LogP contribution in [0.4, 0.5) is 5.69 Å². The second kappa shape index (κ2) is 3.48. The number of rotatable bonds is 1. The molecule has 0 aromatic carbocycles. The third-order valence-electron chi connectivity index (χ3n) is 3.52. The largest absolute Gasteiger partial charge is 0.380 e. The van der Waals surface area contributed by atoms with Crippen molar-refractivity contribution in [2.45, 2.75) is 32.2 Å². The number of fused-ring (bicyclic) bond motifs is 1. The zero-order valence-electron chi connectivity index (χ0n) is 8.83. The SMILES string of the molecule is C[C@@H]1Cc2nc(Br)ccc2N[C@H]1C1CC1. The lowest BCUT2D eigenvalue weighted by atomic mass is 9.88. The van der Waals surface area contributed by atoms with Crippen LogP contribution in [0.1, 0.15) is 25.5 Å². The van der Waals surface area contributed by atoms with Crippen molar-refractivity contribution in [1.29, 1.82) is 0 Å². The van der Waals surface area contributed by atoms with E-state index in [0.29, 0.717) is 12.0 Å². The Labute approximate surface area is 98.6 Å². The van der Waals surface area contributed by atoms with Crippen LogP contribution < -0.4 is 5.32 Å². The van der Waals surface area contributed by atoms with Gasteiger partial charge in [-0.3, -0.25) is 0 Å².